The molecule has 0 N–H and O–H groups in total. The molecule has 1 saturated heterocycles. The van der Waals surface area contributed by atoms with Gasteiger partial charge in [0.15, 0.2) is 5.78 Å². The normalized spacial score (nSPS) is 15.5. The Balaban J connectivity index is 1.57. The van der Waals surface area contributed by atoms with E-state index in [-0.39, 0.29) is 18.3 Å². The summed E-state index contributed by atoms with van der Waals surface area (Å²) < 4.78 is 6.56. The number of Topliss-reactive ketones (excluding diaryl/α,β-unsaturated/α-hetero) is 1. The monoisotopic (exact) mass is 505 g/mol. The number of carbonyl (C=O) groups is 2. The van der Waals surface area contributed by atoms with E-state index in [1.807, 2.05) is 24.3 Å². The number of aromatic nitrogens is 2. The molecule has 0 unspecified atom stereocenters. The minimum absolute atomic E-state index is 0.0379. The van der Waals surface area contributed by atoms with Crippen LogP contribution in [0.3, 0.4) is 0 Å². The van der Waals surface area contributed by atoms with Gasteiger partial charge in [-0.15, -0.1) is 0 Å². The zero-order chi connectivity index (χ0) is 26.4. The summed E-state index contributed by atoms with van der Waals surface area (Å²) >= 11 is 0. The second kappa shape index (κ2) is 11.4. The van der Waals surface area contributed by atoms with Crippen LogP contribution in [0.1, 0.15) is 35.6 Å². The maximum absolute atomic E-state index is 13.2. The average molecular weight is 506 g/mol. The van der Waals surface area contributed by atoms with E-state index in [2.05, 4.69) is 82.8 Å². The number of piperidine rings is 1. The molecule has 1 fully saturated rings. The van der Waals surface area contributed by atoms with Gasteiger partial charge >= 0.3 is 5.97 Å². The van der Waals surface area contributed by atoms with Crippen LogP contribution >= 0.6 is 0 Å². The topological polar surface area (TPSA) is 64.4 Å². The third-order valence-electron chi connectivity index (χ3n) is 6.97. The quantitative estimate of drug-likeness (QED) is 0.189. The van der Waals surface area contributed by atoms with Crippen LogP contribution < -0.4 is 0 Å². The van der Waals surface area contributed by atoms with Crippen LogP contribution in [-0.4, -0.2) is 46.1 Å². The molecule has 3 aromatic carbocycles. The highest BCUT2D eigenvalue weighted by atomic mass is 16.5. The minimum atomic E-state index is -0.586. The van der Waals surface area contributed by atoms with E-state index in [0.29, 0.717) is 26.1 Å². The first kappa shape index (κ1) is 25.4. The summed E-state index contributed by atoms with van der Waals surface area (Å²) in [5, 5.41) is 4.29. The SMILES string of the molecule is CCOC(=O)Cn1cc(C=C2CN(C(c3ccccc3)(c3ccccc3)c3ccccc3)CCC2=O)cn1. The predicted octanol–water partition coefficient (Wildman–Crippen LogP) is 5.10. The van der Waals surface area contributed by atoms with Crippen molar-refractivity contribution in [2.24, 2.45) is 0 Å². The Labute approximate surface area is 223 Å². The number of nitrogens with zero attached hydrogens (tertiary/aromatic N) is 3. The molecule has 0 saturated carbocycles. The zero-order valence-corrected chi connectivity index (χ0v) is 21.5. The molecular weight excluding hydrogens is 474 g/mol. The van der Waals surface area contributed by atoms with Crippen molar-refractivity contribution in [3.8, 4) is 0 Å². The Kier molecular flexibility index (Phi) is 7.61. The minimum Gasteiger partial charge on any atom is -0.465 e. The first-order chi connectivity index (χ1) is 18.6. The fourth-order valence-electron chi connectivity index (χ4n) is 5.35. The number of ketones is 1. The molecule has 6 nitrogen and oxygen atoms in total. The van der Waals surface area contributed by atoms with Crippen molar-refractivity contribution in [2.75, 3.05) is 19.7 Å². The van der Waals surface area contributed by atoms with E-state index in [9.17, 15) is 9.59 Å². The highest BCUT2D eigenvalue weighted by molar-refractivity contribution is 6.00. The largest absolute Gasteiger partial charge is 0.465 e. The third-order valence-corrected chi connectivity index (χ3v) is 6.97. The molecule has 2 heterocycles. The Morgan fingerprint density at radius 2 is 1.47 bits per heavy atom. The molecule has 0 spiro atoms. The van der Waals surface area contributed by atoms with Crippen LogP contribution in [0.2, 0.25) is 0 Å². The molecule has 5 rings (SSSR count). The van der Waals surface area contributed by atoms with Crippen LogP contribution in [0.15, 0.2) is 109 Å². The smallest absolute Gasteiger partial charge is 0.327 e. The molecule has 0 bridgehead atoms. The maximum atomic E-state index is 13.2. The summed E-state index contributed by atoms with van der Waals surface area (Å²) in [5.74, 6) is -0.212. The van der Waals surface area contributed by atoms with Gasteiger partial charge in [-0.05, 0) is 29.7 Å². The van der Waals surface area contributed by atoms with Gasteiger partial charge in [-0.25, -0.2) is 0 Å². The van der Waals surface area contributed by atoms with Crippen LogP contribution in [0, 0.1) is 0 Å². The molecule has 0 atom stereocenters. The van der Waals surface area contributed by atoms with E-state index < -0.39 is 5.54 Å². The highest BCUT2D eigenvalue weighted by Crippen LogP contribution is 2.43. The molecule has 0 aliphatic carbocycles. The summed E-state index contributed by atoms with van der Waals surface area (Å²) in [6.45, 7) is 3.23. The molecule has 6 heteroatoms. The second-order valence-corrected chi connectivity index (χ2v) is 9.35. The van der Waals surface area contributed by atoms with Crippen molar-refractivity contribution in [1.82, 2.24) is 14.7 Å². The number of benzene rings is 3. The van der Waals surface area contributed by atoms with E-state index in [1.54, 1.807) is 19.3 Å². The first-order valence-electron chi connectivity index (χ1n) is 12.9. The first-order valence-corrected chi connectivity index (χ1v) is 12.9. The lowest BCUT2D eigenvalue weighted by Crippen LogP contribution is -2.52. The standard InChI is InChI=1S/C32H31N3O3/c1-2-38-31(37)24-35-22-25(21-33-35)20-26-23-34(19-18-30(26)36)32(27-12-6-3-7-13-27,28-14-8-4-9-15-28)29-16-10-5-11-17-29/h3-17,20-22H,2,18-19,23-24H2,1H3. The molecule has 0 amide bonds. The molecule has 192 valence electrons. The zero-order valence-electron chi connectivity index (χ0n) is 21.5. The molecular formula is C32H31N3O3. The lowest BCUT2D eigenvalue weighted by molar-refractivity contribution is -0.144. The molecule has 1 aliphatic heterocycles. The summed E-state index contributed by atoms with van der Waals surface area (Å²) in [7, 11) is 0. The number of ether oxygens (including phenoxy) is 1. The Hall–Kier alpha value is -4.29. The summed E-state index contributed by atoms with van der Waals surface area (Å²) in [6.07, 6.45) is 5.76. The van der Waals surface area contributed by atoms with Crippen molar-refractivity contribution in [3.63, 3.8) is 0 Å². The van der Waals surface area contributed by atoms with Crippen molar-refractivity contribution in [3.05, 3.63) is 131 Å². The fraction of sp³-hybridized carbons (Fsp3) is 0.219. The van der Waals surface area contributed by atoms with E-state index in [4.69, 9.17) is 4.74 Å². The van der Waals surface area contributed by atoms with Crippen LogP contribution in [-0.2, 0) is 26.4 Å². The molecule has 0 radical (unpaired) electrons. The van der Waals surface area contributed by atoms with Gasteiger partial charge in [0.05, 0.1) is 18.3 Å². The summed E-state index contributed by atoms with van der Waals surface area (Å²) in [6, 6.07) is 31.5. The van der Waals surface area contributed by atoms with Gasteiger partial charge in [0.1, 0.15) is 6.54 Å². The van der Waals surface area contributed by atoms with Crippen molar-refractivity contribution in [1.29, 1.82) is 0 Å². The van der Waals surface area contributed by atoms with E-state index >= 15 is 0 Å². The molecule has 1 aliphatic rings. The van der Waals surface area contributed by atoms with Crippen LogP contribution in [0.5, 0.6) is 0 Å². The number of rotatable bonds is 8. The van der Waals surface area contributed by atoms with Gasteiger partial charge in [-0.3, -0.25) is 19.2 Å². The van der Waals surface area contributed by atoms with Crippen molar-refractivity contribution < 1.29 is 14.3 Å². The number of hydrogen-bond donors (Lipinski definition) is 0. The second-order valence-electron chi connectivity index (χ2n) is 9.35. The van der Waals surface area contributed by atoms with Gasteiger partial charge < -0.3 is 4.74 Å². The average Bonchev–Trinajstić information content (AvgIpc) is 3.39. The molecule has 1 aromatic heterocycles. The van der Waals surface area contributed by atoms with Gasteiger partial charge in [0.25, 0.3) is 0 Å². The van der Waals surface area contributed by atoms with Crippen LogP contribution in [0.25, 0.3) is 6.08 Å². The third kappa shape index (κ3) is 5.08. The van der Waals surface area contributed by atoms with Crippen molar-refractivity contribution in [2.45, 2.75) is 25.4 Å². The number of likely N-dealkylation sites (tertiary alicyclic amines) is 1. The van der Waals surface area contributed by atoms with Crippen LogP contribution in [0.4, 0.5) is 0 Å². The van der Waals surface area contributed by atoms with E-state index in [0.717, 1.165) is 27.8 Å². The predicted molar refractivity (Wildman–Crippen MR) is 147 cm³/mol. The summed E-state index contributed by atoms with van der Waals surface area (Å²) in [5.41, 5.74) is 4.36. The Morgan fingerprint density at radius 1 is 0.921 bits per heavy atom. The Morgan fingerprint density at radius 3 is 2.00 bits per heavy atom. The number of carbonyl (C=O) groups excluding carboxylic acids is 2. The highest BCUT2D eigenvalue weighted by Gasteiger charge is 2.44. The number of hydrogen-bond acceptors (Lipinski definition) is 5. The van der Waals surface area contributed by atoms with Crippen molar-refractivity contribution >= 4 is 17.8 Å². The number of esters is 1. The van der Waals surface area contributed by atoms with Gasteiger partial charge in [-0.2, -0.15) is 5.10 Å². The maximum Gasteiger partial charge on any atom is 0.327 e. The molecule has 38 heavy (non-hydrogen) atoms. The summed E-state index contributed by atoms with van der Waals surface area (Å²) in [4.78, 5) is 27.4. The Bertz CT molecular complexity index is 1320. The van der Waals surface area contributed by atoms with Gasteiger partial charge in [0.2, 0.25) is 0 Å². The van der Waals surface area contributed by atoms with Gasteiger partial charge in [-0.1, -0.05) is 91.0 Å². The lowest BCUT2D eigenvalue weighted by atomic mass is 9.74. The van der Waals surface area contributed by atoms with Gasteiger partial charge in [0, 0.05) is 36.8 Å². The fourth-order valence-corrected chi connectivity index (χ4v) is 5.35. The molecule has 4 aromatic rings. The lowest BCUT2D eigenvalue weighted by Gasteiger charge is -2.47. The van der Waals surface area contributed by atoms with E-state index in [1.165, 1.54) is 4.68 Å².